The zero-order chi connectivity index (χ0) is 26.5. The monoisotopic (exact) mass is 540 g/mol. The van der Waals surface area contributed by atoms with Gasteiger partial charge in [-0.25, -0.2) is 8.42 Å². The molecule has 200 valence electrons. The summed E-state index contributed by atoms with van der Waals surface area (Å²) in [5.74, 6) is 1.65. The van der Waals surface area contributed by atoms with Gasteiger partial charge in [-0.05, 0) is 55.0 Å². The number of aromatic hydroxyl groups is 1. The molecule has 0 bridgehead atoms. The fourth-order valence-electron chi connectivity index (χ4n) is 4.49. The number of rotatable bonds is 12. The molecule has 1 aliphatic heterocycles. The molecule has 2 aromatic rings. The first-order chi connectivity index (χ1) is 17.3. The molecule has 0 amide bonds. The van der Waals surface area contributed by atoms with Crippen molar-refractivity contribution in [3.05, 3.63) is 29.3 Å². The van der Waals surface area contributed by atoms with E-state index in [-0.39, 0.29) is 38.4 Å². The Labute approximate surface area is 218 Å². The maximum atomic E-state index is 13.4. The molecule has 1 N–H and O–H groups in total. The van der Waals surface area contributed by atoms with Gasteiger partial charge >= 0.3 is 0 Å². The number of benzene rings is 2. The number of phenolic OH excluding ortho intramolecular Hbond substituents is 1. The highest BCUT2D eigenvalue weighted by molar-refractivity contribution is 8.00. The molecule has 0 spiro atoms. The highest BCUT2D eigenvalue weighted by Crippen LogP contribution is 2.58. The normalized spacial score (nSPS) is 17.6. The third-order valence-electron chi connectivity index (χ3n) is 6.06. The van der Waals surface area contributed by atoms with Gasteiger partial charge in [0.2, 0.25) is 11.5 Å². The minimum Gasteiger partial charge on any atom is -0.504 e. The molecule has 0 aromatic heterocycles. The van der Waals surface area contributed by atoms with Crippen LogP contribution in [-0.2, 0) is 9.84 Å². The second-order valence-electron chi connectivity index (χ2n) is 8.49. The summed E-state index contributed by atoms with van der Waals surface area (Å²) in [6.45, 7) is 4.09. The van der Waals surface area contributed by atoms with Crippen molar-refractivity contribution in [3.8, 4) is 34.5 Å². The molecule has 0 radical (unpaired) electrons. The fourth-order valence-corrected chi connectivity index (χ4v) is 7.89. The minimum atomic E-state index is -3.68. The molecule has 10 heteroatoms. The summed E-state index contributed by atoms with van der Waals surface area (Å²) >= 11 is 1.64. The van der Waals surface area contributed by atoms with Crippen LogP contribution >= 0.6 is 11.8 Å². The second kappa shape index (κ2) is 12.2. The Morgan fingerprint density at radius 2 is 1.47 bits per heavy atom. The number of sulfone groups is 1. The van der Waals surface area contributed by atoms with E-state index in [2.05, 4.69) is 0 Å². The summed E-state index contributed by atoms with van der Waals surface area (Å²) in [5, 5.41) is 10.7. The molecule has 36 heavy (non-hydrogen) atoms. The van der Waals surface area contributed by atoms with E-state index in [1.165, 1.54) is 13.2 Å². The van der Waals surface area contributed by atoms with E-state index in [9.17, 15) is 13.5 Å². The molecular weight excluding hydrogens is 504 g/mol. The first kappa shape index (κ1) is 28.1. The first-order valence-electron chi connectivity index (χ1n) is 12.0. The molecule has 0 saturated carbocycles. The van der Waals surface area contributed by atoms with Crippen molar-refractivity contribution in [2.45, 2.75) is 54.9 Å². The van der Waals surface area contributed by atoms with Crippen LogP contribution in [0.1, 0.15) is 61.2 Å². The van der Waals surface area contributed by atoms with Crippen LogP contribution in [0, 0.1) is 0 Å². The maximum absolute atomic E-state index is 13.4. The molecule has 1 saturated heterocycles. The van der Waals surface area contributed by atoms with Crippen molar-refractivity contribution in [3.63, 3.8) is 0 Å². The van der Waals surface area contributed by atoms with Crippen LogP contribution in [0.25, 0.3) is 0 Å². The van der Waals surface area contributed by atoms with Crippen molar-refractivity contribution < 1.29 is 37.2 Å². The van der Waals surface area contributed by atoms with Crippen molar-refractivity contribution in [2.75, 3.05) is 40.8 Å². The van der Waals surface area contributed by atoms with E-state index < -0.39 is 9.84 Å². The predicted octanol–water partition coefficient (Wildman–Crippen LogP) is 5.71. The number of ether oxygens (including phenoxy) is 5. The smallest absolute Gasteiger partial charge is 0.204 e. The first-order valence-corrected chi connectivity index (χ1v) is 14.6. The third-order valence-corrected chi connectivity index (χ3v) is 9.71. The summed E-state index contributed by atoms with van der Waals surface area (Å²) in [6.07, 6.45) is 2.69. The van der Waals surface area contributed by atoms with Crippen LogP contribution in [0.4, 0.5) is 0 Å². The summed E-state index contributed by atoms with van der Waals surface area (Å²) in [5.41, 5.74) is 1.54. The Bertz CT molecular complexity index is 1140. The van der Waals surface area contributed by atoms with Gasteiger partial charge in [0.15, 0.2) is 32.8 Å². The van der Waals surface area contributed by atoms with E-state index in [1.54, 1.807) is 33.1 Å². The molecule has 1 aliphatic rings. The van der Waals surface area contributed by atoms with Gasteiger partial charge in [-0.1, -0.05) is 13.8 Å². The Kier molecular flexibility index (Phi) is 9.52. The van der Waals surface area contributed by atoms with Crippen LogP contribution in [0.2, 0.25) is 0 Å². The van der Waals surface area contributed by atoms with Gasteiger partial charge in [0.25, 0.3) is 0 Å². The van der Waals surface area contributed by atoms with Gasteiger partial charge < -0.3 is 28.8 Å². The average Bonchev–Trinajstić information content (AvgIpc) is 3.36. The van der Waals surface area contributed by atoms with Crippen LogP contribution in [0.15, 0.2) is 23.1 Å². The standard InChI is InChI=1S/C26H36O8S2/c1-7-11-34-23-18(27)15-17(26(25(23)33-6)36(28,29)12-8-2)22-10-9-21(35-22)16-13-19(30-3)24(32-5)20(14-16)31-4/h13-15,21-22,27H,7-12H2,1-6H3. The molecule has 1 fully saturated rings. The molecule has 3 rings (SSSR count). The Morgan fingerprint density at radius 3 is 2.00 bits per heavy atom. The third kappa shape index (κ3) is 5.59. The lowest BCUT2D eigenvalue weighted by Gasteiger charge is -2.22. The molecule has 0 aliphatic carbocycles. The molecule has 2 unspecified atom stereocenters. The predicted molar refractivity (Wildman–Crippen MR) is 141 cm³/mol. The van der Waals surface area contributed by atoms with E-state index in [1.807, 2.05) is 26.0 Å². The highest BCUT2D eigenvalue weighted by atomic mass is 32.2. The van der Waals surface area contributed by atoms with E-state index in [0.717, 1.165) is 18.4 Å². The average molecular weight is 541 g/mol. The number of thioether (sulfide) groups is 1. The van der Waals surface area contributed by atoms with Gasteiger partial charge in [0.05, 0.1) is 40.8 Å². The molecule has 2 atom stereocenters. The highest BCUT2D eigenvalue weighted by Gasteiger charge is 2.36. The van der Waals surface area contributed by atoms with Crippen LogP contribution in [-0.4, -0.2) is 54.3 Å². The van der Waals surface area contributed by atoms with Crippen LogP contribution in [0.5, 0.6) is 34.5 Å². The van der Waals surface area contributed by atoms with E-state index >= 15 is 0 Å². The maximum Gasteiger partial charge on any atom is 0.204 e. The number of hydrogen-bond acceptors (Lipinski definition) is 9. The van der Waals surface area contributed by atoms with Gasteiger partial charge in [-0.2, -0.15) is 0 Å². The Balaban J connectivity index is 2.08. The van der Waals surface area contributed by atoms with Crippen molar-refractivity contribution in [1.29, 1.82) is 0 Å². The molecule has 2 aromatic carbocycles. The number of phenols is 1. The molecule has 8 nitrogen and oxygen atoms in total. The van der Waals surface area contributed by atoms with Crippen molar-refractivity contribution >= 4 is 21.6 Å². The lowest BCUT2D eigenvalue weighted by atomic mass is 10.0. The van der Waals surface area contributed by atoms with E-state index in [4.69, 9.17) is 23.7 Å². The number of methoxy groups -OCH3 is 4. The minimum absolute atomic E-state index is 0.0257. The summed E-state index contributed by atoms with van der Waals surface area (Å²) in [6, 6.07) is 5.39. The molecular formula is C26H36O8S2. The van der Waals surface area contributed by atoms with Gasteiger partial charge in [-0.15, -0.1) is 11.8 Å². The topological polar surface area (TPSA) is 101 Å². The largest absolute Gasteiger partial charge is 0.504 e. The summed E-state index contributed by atoms with van der Waals surface area (Å²) < 4.78 is 54.6. The zero-order valence-electron chi connectivity index (χ0n) is 21.8. The van der Waals surface area contributed by atoms with Gasteiger partial charge in [-0.3, -0.25) is 0 Å². The molecule has 1 heterocycles. The Morgan fingerprint density at radius 1 is 0.861 bits per heavy atom. The Hall–Kier alpha value is -2.46. The van der Waals surface area contributed by atoms with Crippen LogP contribution in [0.3, 0.4) is 0 Å². The van der Waals surface area contributed by atoms with Gasteiger partial charge in [0.1, 0.15) is 4.90 Å². The SMILES string of the molecule is CCCOc1c(O)cc(C2CCC(c3cc(OC)c(OC)c(OC)c3)S2)c(S(=O)(=O)CCC)c1OC. The summed E-state index contributed by atoms with van der Waals surface area (Å²) in [7, 11) is 2.44. The summed E-state index contributed by atoms with van der Waals surface area (Å²) in [4.78, 5) is 0.110. The lowest BCUT2D eigenvalue weighted by Crippen LogP contribution is -2.13. The lowest BCUT2D eigenvalue weighted by molar-refractivity contribution is 0.274. The zero-order valence-corrected chi connectivity index (χ0v) is 23.4. The van der Waals surface area contributed by atoms with E-state index in [0.29, 0.717) is 42.3 Å². The quantitative estimate of drug-likeness (QED) is 0.363. The van der Waals surface area contributed by atoms with Crippen molar-refractivity contribution in [1.82, 2.24) is 0 Å². The van der Waals surface area contributed by atoms with Crippen LogP contribution < -0.4 is 23.7 Å². The fraction of sp³-hybridized carbons (Fsp3) is 0.538. The van der Waals surface area contributed by atoms with Gasteiger partial charge in [0, 0.05) is 10.5 Å². The second-order valence-corrected chi connectivity index (χ2v) is 11.9. The van der Waals surface area contributed by atoms with Crippen molar-refractivity contribution in [2.24, 2.45) is 0 Å². The number of hydrogen-bond donors (Lipinski definition) is 1.